The number of nitrogens with one attached hydrogen (secondary N) is 2. The number of nitrogens with two attached hydrogens (primary N) is 1. The van der Waals surface area contributed by atoms with E-state index in [9.17, 15) is 4.79 Å². The molecule has 72 valence electrons. The van der Waals surface area contributed by atoms with Gasteiger partial charge in [0.2, 0.25) is 0 Å². The van der Waals surface area contributed by atoms with Crippen LogP contribution >= 0.6 is 11.6 Å². The highest BCUT2D eigenvalue weighted by Gasteiger charge is 2.13. The normalized spacial score (nSPS) is 10.4. The van der Waals surface area contributed by atoms with Crippen LogP contribution in [0.4, 0.5) is 0 Å². The van der Waals surface area contributed by atoms with E-state index in [4.69, 9.17) is 17.4 Å². The van der Waals surface area contributed by atoms with E-state index >= 15 is 0 Å². The first-order valence-electron chi connectivity index (χ1n) is 4.00. The first kappa shape index (κ1) is 9.05. The van der Waals surface area contributed by atoms with E-state index in [-0.39, 0.29) is 0 Å². The predicted octanol–water partition coefficient (Wildman–Crippen LogP) is 1.42. The molecule has 0 saturated carbocycles. The summed E-state index contributed by atoms with van der Waals surface area (Å²) in [5.41, 5.74) is 3.13. The van der Waals surface area contributed by atoms with Crippen molar-refractivity contribution >= 4 is 28.4 Å². The van der Waals surface area contributed by atoms with E-state index in [0.29, 0.717) is 16.1 Å². The second-order valence-electron chi connectivity index (χ2n) is 2.84. The van der Waals surface area contributed by atoms with Crippen molar-refractivity contribution in [1.82, 2.24) is 10.4 Å². The topological polar surface area (TPSA) is 70.9 Å². The number of fused-ring (bicyclic) bond motifs is 1. The molecule has 0 radical (unpaired) electrons. The molecular formula is C9H8ClN3O. The van der Waals surface area contributed by atoms with Crippen molar-refractivity contribution in [2.24, 2.45) is 5.84 Å². The Morgan fingerprint density at radius 2 is 2.21 bits per heavy atom. The van der Waals surface area contributed by atoms with Crippen LogP contribution in [0.25, 0.3) is 10.9 Å². The quantitative estimate of drug-likeness (QED) is 0.378. The zero-order valence-electron chi connectivity index (χ0n) is 7.17. The van der Waals surface area contributed by atoms with Crippen LogP contribution < -0.4 is 11.3 Å². The average Bonchev–Trinajstić information content (AvgIpc) is 2.64. The number of carbonyl (C=O) groups is 1. The third-order valence-corrected chi connectivity index (χ3v) is 2.35. The monoisotopic (exact) mass is 209 g/mol. The molecule has 4 N–H and O–H groups in total. The van der Waals surface area contributed by atoms with Crippen LogP contribution in [0.1, 0.15) is 10.4 Å². The Hall–Kier alpha value is -1.52. The smallest absolute Gasteiger partial charge is 0.268 e. The molecule has 1 amide bonds. The molecule has 0 bridgehead atoms. The van der Waals surface area contributed by atoms with Gasteiger partial charge in [-0.3, -0.25) is 10.2 Å². The summed E-state index contributed by atoms with van der Waals surface area (Å²) < 4.78 is 0. The fourth-order valence-corrected chi connectivity index (χ4v) is 1.64. The summed E-state index contributed by atoms with van der Waals surface area (Å²) in [5.74, 6) is 4.66. The summed E-state index contributed by atoms with van der Waals surface area (Å²) in [6.07, 6.45) is 1.74. The van der Waals surface area contributed by atoms with Crippen LogP contribution in [-0.4, -0.2) is 10.9 Å². The number of hydrogen-bond acceptors (Lipinski definition) is 2. The lowest BCUT2D eigenvalue weighted by Gasteiger charge is -2.03. The molecule has 1 aromatic carbocycles. The first-order valence-corrected chi connectivity index (χ1v) is 4.38. The molecule has 0 aliphatic rings. The van der Waals surface area contributed by atoms with Crippen LogP contribution in [0.2, 0.25) is 5.02 Å². The van der Waals surface area contributed by atoms with Crippen LogP contribution in [-0.2, 0) is 0 Å². The number of H-pyrrole nitrogens is 1. The van der Waals surface area contributed by atoms with Crippen molar-refractivity contribution in [3.8, 4) is 0 Å². The second-order valence-corrected chi connectivity index (χ2v) is 3.24. The molecule has 1 heterocycles. The van der Waals surface area contributed by atoms with E-state index in [2.05, 4.69) is 10.4 Å². The largest absolute Gasteiger partial charge is 0.360 e. The second kappa shape index (κ2) is 3.32. The van der Waals surface area contributed by atoms with Crippen molar-refractivity contribution in [3.05, 3.63) is 35.0 Å². The van der Waals surface area contributed by atoms with Gasteiger partial charge in [0.15, 0.2) is 0 Å². The SMILES string of the molecule is NNC(=O)c1c(Cl)ccc2cc[nH]c12. The fourth-order valence-electron chi connectivity index (χ4n) is 1.40. The number of carbonyl (C=O) groups excluding carboxylic acids is 1. The highest BCUT2D eigenvalue weighted by Crippen LogP contribution is 2.24. The maximum atomic E-state index is 11.4. The number of hydrazine groups is 1. The van der Waals surface area contributed by atoms with Crippen molar-refractivity contribution in [3.63, 3.8) is 0 Å². The maximum absolute atomic E-state index is 11.4. The lowest BCUT2D eigenvalue weighted by Crippen LogP contribution is -2.30. The van der Waals surface area contributed by atoms with Gasteiger partial charge in [-0.05, 0) is 12.1 Å². The number of benzene rings is 1. The third-order valence-electron chi connectivity index (χ3n) is 2.04. The minimum Gasteiger partial charge on any atom is -0.360 e. The van der Waals surface area contributed by atoms with Crippen molar-refractivity contribution in [1.29, 1.82) is 0 Å². The Morgan fingerprint density at radius 1 is 1.43 bits per heavy atom. The summed E-state index contributed by atoms with van der Waals surface area (Å²) >= 11 is 5.90. The average molecular weight is 210 g/mol. The third kappa shape index (κ3) is 1.25. The van der Waals surface area contributed by atoms with Gasteiger partial charge in [-0.2, -0.15) is 0 Å². The Morgan fingerprint density at radius 3 is 2.93 bits per heavy atom. The lowest BCUT2D eigenvalue weighted by atomic mass is 10.1. The molecule has 1 aromatic heterocycles. The molecule has 0 fully saturated rings. The summed E-state index contributed by atoms with van der Waals surface area (Å²) in [4.78, 5) is 14.3. The van der Waals surface area contributed by atoms with Gasteiger partial charge >= 0.3 is 0 Å². The fraction of sp³-hybridized carbons (Fsp3) is 0. The standard InChI is InChI=1S/C9H8ClN3O/c10-6-2-1-5-3-4-12-8(5)7(6)9(14)13-11/h1-4,12H,11H2,(H,13,14). The van der Waals surface area contributed by atoms with Crippen LogP contribution in [0, 0.1) is 0 Å². The van der Waals surface area contributed by atoms with Crippen molar-refractivity contribution < 1.29 is 4.79 Å². The van der Waals surface area contributed by atoms with E-state index in [0.717, 1.165) is 5.39 Å². The molecule has 14 heavy (non-hydrogen) atoms. The van der Waals surface area contributed by atoms with Gasteiger partial charge in [0.05, 0.1) is 16.1 Å². The highest BCUT2D eigenvalue weighted by atomic mass is 35.5. The van der Waals surface area contributed by atoms with Crippen molar-refractivity contribution in [2.75, 3.05) is 0 Å². The molecule has 0 unspecified atom stereocenters. The number of halogens is 1. The minimum atomic E-state index is -0.400. The van der Waals surface area contributed by atoms with Gasteiger partial charge in [0.1, 0.15) is 0 Å². The van der Waals surface area contributed by atoms with E-state index in [1.807, 2.05) is 12.1 Å². The van der Waals surface area contributed by atoms with E-state index in [1.54, 1.807) is 12.3 Å². The number of aromatic nitrogens is 1. The van der Waals surface area contributed by atoms with Gasteiger partial charge in [-0.15, -0.1) is 0 Å². The van der Waals surface area contributed by atoms with E-state index in [1.165, 1.54) is 0 Å². The first-order chi connectivity index (χ1) is 6.74. The predicted molar refractivity (Wildman–Crippen MR) is 55.0 cm³/mol. The molecule has 0 saturated heterocycles. The molecular weight excluding hydrogens is 202 g/mol. The Kier molecular flexibility index (Phi) is 2.15. The molecule has 0 spiro atoms. The van der Waals surface area contributed by atoms with E-state index < -0.39 is 5.91 Å². The number of hydrogen-bond donors (Lipinski definition) is 3. The summed E-state index contributed by atoms with van der Waals surface area (Å²) in [6.45, 7) is 0. The van der Waals surface area contributed by atoms with Crippen LogP contribution in [0.15, 0.2) is 24.4 Å². The van der Waals surface area contributed by atoms with Gasteiger partial charge in [-0.1, -0.05) is 17.7 Å². The molecule has 0 aliphatic carbocycles. The molecule has 0 atom stereocenters. The molecule has 2 aromatic rings. The summed E-state index contributed by atoms with van der Waals surface area (Å²) in [7, 11) is 0. The van der Waals surface area contributed by atoms with Crippen LogP contribution in [0.3, 0.4) is 0 Å². The minimum absolute atomic E-state index is 0.372. The summed E-state index contributed by atoms with van der Waals surface area (Å²) in [5, 5.41) is 1.30. The number of rotatable bonds is 1. The van der Waals surface area contributed by atoms with Gasteiger partial charge < -0.3 is 4.98 Å². The number of aromatic amines is 1. The molecule has 5 heteroatoms. The Labute approximate surface area is 85.0 Å². The Bertz CT molecular complexity index is 492. The van der Waals surface area contributed by atoms with Gasteiger partial charge in [0, 0.05) is 11.6 Å². The Balaban J connectivity index is 2.76. The number of nitrogen functional groups attached to an aromatic ring is 1. The number of amides is 1. The molecule has 4 nitrogen and oxygen atoms in total. The molecule has 2 rings (SSSR count). The van der Waals surface area contributed by atoms with Crippen molar-refractivity contribution in [2.45, 2.75) is 0 Å². The zero-order chi connectivity index (χ0) is 10.1. The highest BCUT2D eigenvalue weighted by molar-refractivity contribution is 6.35. The zero-order valence-corrected chi connectivity index (χ0v) is 7.93. The summed E-state index contributed by atoms with van der Waals surface area (Å²) in [6, 6.07) is 5.36. The van der Waals surface area contributed by atoms with Crippen LogP contribution in [0.5, 0.6) is 0 Å². The van der Waals surface area contributed by atoms with Gasteiger partial charge in [0.25, 0.3) is 5.91 Å². The lowest BCUT2D eigenvalue weighted by molar-refractivity contribution is 0.0955. The molecule has 0 aliphatic heterocycles. The van der Waals surface area contributed by atoms with Gasteiger partial charge in [-0.25, -0.2) is 5.84 Å². The maximum Gasteiger partial charge on any atom is 0.268 e.